The summed E-state index contributed by atoms with van der Waals surface area (Å²) >= 11 is 0. The Morgan fingerprint density at radius 2 is 1.71 bits per heavy atom. The van der Waals surface area contributed by atoms with Crippen molar-refractivity contribution in [3.63, 3.8) is 0 Å². The lowest BCUT2D eigenvalue weighted by atomic mass is 10.2. The predicted octanol–water partition coefficient (Wildman–Crippen LogP) is 4.60. The number of fused-ring (bicyclic) bond motifs is 1. The van der Waals surface area contributed by atoms with E-state index in [1.54, 1.807) is 23.1 Å². The van der Waals surface area contributed by atoms with E-state index in [2.05, 4.69) is 5.32 Å². The fourth-order valence-corrected chi connectivity index (χ4v) is 3.57. The zero-order chi connectivity index (χ0) is 23.8. The SMILES string of the molecule is Cc1ccc(OCCCN2C(=O)COc3ccc(NC(=O)CCOc4ccccc4)cc32)cc1. The third kappa shape index (κ3) is 6.28. The average Bonchev–Trinajstić information content (AvgIpc) is 2.84. The summed E-state index contributed by atoms with van der Waals surface area (Å²) in [6.07, 6.45) is 0.869. The highest BCUT2D eigenvalue weighted by Gasteiger charge is 2.25. The molecule has 3 aromatic rings. The van der Waals surface area contributed by atoms with E-state index in [-0.39, 0.29) is 31.4 Å². The molecule has 2 amide bonds. The van der Waals surface area contributed by atoms with Crippen LogP contribution in [0.1, 0.15) is 18.4 Å². The number of para-hydroxylation sites is 1. The standard InChI is InChI=1S/C27H28N2O5/c1-20-8-11-23(12-9-20)32-16-5-15-29-24-18-21(10-13-25(24)34-19-27(29)31)28-26(30)14-17-33-22-6-3-2-4-7-22/h2-4,6-13,18H,5,14-17,19H2,1H3,(H,28,30). The number of anilines is 2. The number of ether oxygens (including phenoxy) is 3. The van der Waals surface area contributed by atoms with Crippen LogP contribution in [0.4, 0.5) is 11.4 Å². The summed E-state index contributed by atoms with van der Waals surface area (Å²) < 4.78 is 16.9. The van der Waals surface area contributed by atoms with E-state index in [1.165, 1.54) is 5.56 Å². The van der Waals surface area contributed by atoms with E-state index < -0.39 is 0 Å². The number of nitrogens with one attached hydrogen (secondary N) is 1. The first-order valence-electron chi connectivity index (χ1n) is 11.3. The third-order valence-electron chi connectivity index (χ3n) is 5.34. The van der Waals surface area contributed by atoms with Crippen LogP contribution in [-0.2, 0) is 9.59 Å². The summed E-state index contributed by atoms with van der Waals surface area (Å²) in [7, 11) is 0. The van der Waals surface area contributed by atoms with Crippen molar-refractivity contribution in [1.82, 2.24) is 0 Å². The van der Waals surface area contributed by atoms with Gasteiger partial charge in [-0.1, -0.05) is 35.9 Å². The van der Waals surface area contributed by atoms with Crippen LogP contribution < -0.4 is 24.4 Å². The summed E-state index contributed by atoms with van der Waals surface area (Å²) in [6.45, 7) is 3.27. The second kappa shape index (κ2) is 11.2. The van der Waals surface area contributed by atoms with Crippen molar-refractivity contribution in [2.75, 3.05) is 36.6 Å². The Morgan fingerprint density at radius 3 is 2.50 bits per heavy atom. The summed E-state index contributed by atoms with van der Waals surface area (Å²) in [4.78, 5) is 26.6. The van der Waals surface area contributed by atoms with Crippen molar-refractivity contribution in [3.05, 3.63) is 78.4 Å². The van der Waals surface area contributed by atoms with Crippen molar-refractivity contribution >= 4 is 23.2 Å². The smallest absolute Gasteiger partial charge is 0.265 e. The maximum atomic E-state index is 12.5. The maximum absolute atomic E-state index is 12.5. The molecule has 0 fully saturated rings. The molecule has 0 aromatic heterocycles. The Kier molecular flexibility index (Phi) is 7.65. The van der Waals surface area contributed by atoms with Crippen LogP contribution >= 0.6 is 0 Å². The summed E-state index contributed by atoms with van der Waals surface area (Å²) in [5, 5.41) is 2.87. The normalized spacial score (nSPS) is 12.5. The number of aryl methyl sites for hydroxylation is 1. The van der Waals surface area contributed by atoms with Gasteiger partial charge in [-0.25, -0.2) is 0 Å². The number of hydrogen-bond donors (Lipinski definition) is 1. The average molecular weight is 461 g/mol. The fraction of sp³-hybridized carbons (Fsp3) is 0.259. The molecule has 0 aliphatic carbocycles. The first-order valence-corrected chi connectivity index (χ1v) is 11.3. The molecular weight excluding hydrogens is 432 g/mol. The van der Waals surface area contributed by atoms with Gasteiger partial charge in [-0.3, -0.25) is 9.59 Å². The van der Waals surface area contributed by atoms with Crippen molar-refractivity contribution < 1.29 is 23.8 Å². The molecular formula is C27H28N2O5. The van der Waals surface area contributed by atoms with Crippen LogP contribution in [0.5, 0.6) is 17.2 Å². The molecule has 7 heteroatoms. The quantitative estimate of drug-likeness (QED) is 0.448. The lowest BCUT2D eigenvalue weighted by Crippen LogP contribution is -2.39. The first-order chi connectivity index (χ1) is 16.6. The Morgan fingerprint density at radius 1 is 0.971 bits per heavy atom. The second-order valence-corrected chi connectivity index (χ2v) is 7.99. The highest BCUT2D eigenvalue weighted by atomic mass is 16.5. The maximum Gasteiger partial charge on any atom is 0.265 e. The van der Waals surface area contributed by atoms with Gasteiger partial charge in [0.2, 0.25) is 5.91 Å². The van der Waals surface area contributed by atoms with Crippen LogP contribution in [0, 0.1) is 6.92 Å². The molecule has 1 aliphatic rings. The van der Waals surface area contributed by atoms with Crippen LogP contribution in [0.3, 0.4) is 0 Å². The van der Waals surface area contributed by atoms with Gasteiger partial charge < -0.3 is 24.4 Å². The van der Waals surface area contributed by atoms with E-state index in [1.807, 2.05) is 61.5 Å². The number of nitrogens with zero attached hydrogens (tertiary/aromatic N) is 1. The van der Waals surface area contributed by atoms with Crippen LogP contribution in [0.15, 0.2) is 72.8 Å². The van der Waals surface area contributed by atoms with Gasteiger partial charge in [0.1, 0.15) is 17.2 Å². The van der Waals surface area contributed by atoms with Gasteiger partial charge in [0.15, 0.2) is 6.61 Å². The van der Waals surface area contributed by atoms with Gasteiger partial charge >= 0.3 is 0 Å². The van der Waals surface area contributed by atoms with Gasteiger partial charge in [-0.15, -0.1) is 0 Å². The molecule has 0 radical (unpaired) electrons. The topological polar surface area (TPSA) is 77.1 Å². The van der Waals surface area contributed by atoms with E-state index in [0.29, 0.717) is 36.7 Å². The molecule has 0 saturated heterocycles. The molecule has 1 N–H and O–H groups in total. The molecule has 0 saturated carbocycles. The molecule has 0 spiro atoms. The van der Waals surface area contributed by atoms with E-state index in [0.717, 1.165) is 11.5 Å². The molecule has 1 heterocycles. The predicted molar refractivity (Wildman–Crippen MR) is 131 cm³/mol. The van der Waals surface area contributed by atoms with Crippen LogP contribution in [0.2, 0.25) is 0 Å². The minimum atomic E-state index is -0.169. The van der Waals surface area contributed by atoms with Gasteiger partial charge in [0.05, 0.1) is 25.3 Å². The van der Waals surface area contributed by atoms with E-state index in [9.17, 15) is 9.59 Å². The number of amides is 2. The number of carbonyl (C=O) groups excluding carboxylic acids is 2. The summed E-state index contributed by atoms with van der Waals surface area (Å²) in [5.41, 5.74) is 2.42. The Balaban J connectivity index is 1.31. The molecule has 34 heavy (non-hydrogen) atoms. The van der Waals surface area contributed by atoms with Gasteiger partial charge in [0.25, 0.3) is 5.91 Å². The van der Waals surface area contributed by atoms with Crippen LogP contribution in [0.25, 0.3) is 0 Å². The molecule has 176 valence electrons. The number of rotatable bonds is 10. The van der Waals surface area contributed by atoms with Crippen molar-refractivity contribution in [3.8, 4) is 17.2 Å². The second-order valence-electron chi connectivity index (χ2n) is 7.99. The molecule has 7 nitrogen and oxygen atoms in total. The zero-order valence-corrected chi connectivity index (χ0v) is 19.2. The lowest BCUT2D eigenvalue weighted by molar-refractivity contribution is -0.121. The van der Waals surface area contributed by atoms with Crippen LogP contribution in [-0.4, -0.2) is 38.2 Å². The first kappa shape index (κ1) is 23.2. The summed E-state index contributed by atoms with van der Waals surface area (Å²) in [5.74, 6) is 1.85. The number of carbonyl (C=O) groups is 2. The number of hydrogen-bond acceptors (Lipinski definition) is 5. The van der Waals surface area contributed by atoms with Crippen molar-refractivity contribution in [1.29, 1.82) is 0 Å². The van der Waals surface area contributed by atoms with Crippen molar-refractivity contribution in [2.45, 2.75) is 19.8 Å². The van der Waals surface area contributed by atoms with Gasteiger partial charge in [0, 0.05) is 12.2 Å². The highest BCUT2D eigenvalue weighted by Crippen LogP contribution is 2.34. The minimum Gasteiger partial charge on any atom is -0.494 e. The van der Waals surface area contributed by atoms with E-state index in [4.69, 9.17) is 14.2 Å². The van der Waals surface area contributed by atoms with Gasteiger partial charge in [-0.2, -0.15) is 0 Å². The monoisotopic (exact) mass is 460 g/mol. The Labute approximate surface area is 199 Å². The van der Waals surface area contributed by atoms with E-state index >= 15 is 0 Å². The zero-order valence-electron chi connectivity index (χ0n) is 19.2. The molecule has 0 unspecified atom stereocenters. The third-order valence-corrected chi connectivity index (χ3v) is 5.34. The number of benzene rings is 3. The Hall–Kier alpha value is -4.00. The largest absolute Gasteiger partial charge is 0.494 e. The molecule has 4 rings (SSSR count). The lowest BCUT2D eigenvalue weighted by Gasteiger charge is -2.30. The molecule has 1 aliphatic heterocycles. The minimum absolute atomic E-state index is 0.00561. The highest BCUT2D eigenvalue weighted by molar-refractivity contribution is 5.99. The molecule has 0 atom stereocenters. The van der Waals surface area contributed by atoms with Gasteiger partial charge in [-0.05, 0) is 55.8 Å². The molecule has 0 bridgehead atoms. The fourth-order valence-electron chi connectivity index (χ4n) is 3.57. The Bertz CT molecular complexity index is 1120. The summed E-state index contributed by atoms with van der Waals surface area (Å²) in [6, 6.07) is 22.5. The molecule has 3 aromatic carbocycles. The van der Waals surface area contributed by atoms with Crippen molar-refractivity contribution in [2.24, 2.45) is 0 Å².